The average Bonchev–Trinajstić information content (AvgIpc) is 2.37. The standard InChI is InChI=1S/C16H17N.CH4/c1-3-11-17-16-9-7-14(8-10-16)15-6-4-5-13(2)12-15;/h3-10,12,17H,1,11H2,2H3;1H4. The Morgan fingerprint density at radius 1 is 1.06 bits per heavy atom. The van der Waals surface area contributed by atoms with Gasteiger partial charge < -0.3 is 5.32 Å². The first-order chi connectivity index (χ1) is 8.29. The van der Waals surface area contributed by atoms with Crippen LogP contribution in [0.3, 0.4) is 0 Å². The SMILES string of the molecule is C.C=CCNc1ccc(-c2cccc(C)c2)cc1. The summed E-state index contributed by atoms with van der Waals surface area (Å²) in [4.78, 5) is 0. The molecule has 0 saturated heterocycles. The molecule has 18 heavy (non-hydrogen) atoms. The summed E-state index contributed by atoms with van der Waals surface area (Å²) in [6.45, 7) is 6.60. The third-order valence-electron chi connectivity index (χ3n) is 2.69. The summed E-state index contributed by atoms with van der Waals surface area (Å²) in [5.41, 5.74) is 4.93. The molecule has 0 aliphatic carbocycles. The van der Waals surface area contributed by atoms with Gasteiger partial charge in [0.1, 0.15) is 0 Å². The van der Waals surface area contributed by atoms with Gasteiger partial charge in [-0.15, -0.1) is 6.58 Å². The van der Waals surface area contributed by atoms with Crippen LogP contribution in [0.1, 0.15) is 13.0 Å². The summed E-state index contributed by atoms with van der Waals surface area (Å²) in [5, 5.41) is 3.27. The minimum Gasteiger partial charge on any atom is -0.382 e. The molecule has 0 aliphatic rings. The topological polar surface area (TPSA) is 12.0 Å². The van der Waals surface area contributed by atoms with Crippen molar-refractivity contribution in [3.8, 4) is 11.1 Å². The van der Waals surface area contributed by atoms with Gasteiger partial charge in [-0.2, -0.15) is 0 Å². The molecule has 1 heteroatoms. The second-order valence-corrected chi connectivity index (χ2v) is 4.12. The van der Waals surface area contributed by atoms with Crippen LogP contribution >= 0.6 is 0 Å². The van der Waals surface area contributed by atoms with E-state index in [0.29, 0.717) is 0 Å². The van der Waals surface area contributed by atoms with Gasteiger partial charge in [0.05, 0.1) is 0 Å². The molecule has 1 nitrogen and oxygen atoms in total. The summed E-state index contributed by atoms with van der Waals surface area (Å²) in [6.07, 6.45) is 1.86. The first-order valence-corrected chi connectivity index (χ1v) is 5.81. The van der Waals surface area contributed by atoms with E-state index in [1.165, 1.54) is 16.7 Å². The molecule has 2 aromatic rings. The fourth-order valence-electron chi connectivity index (χ4n) is 1.80. The molecule has 0 radical (unpaired) electrons. The molecule has 2 rings (SSSR count). The van der Waals surface area contributed by atoms with Crippen LogP contribution in [0.15, 0.2) is 61.2 Å². The van der Waals surface area contributed by atoms with E-state index >= 15 is 0 Å². The Labute approximate surface area is 110 Å². The molecular formula is C17H21N. The smallest absolute Gasteiger partial charge is 0.0343 e. The Balaban J connectivity index is 0.00000162. The van der Waals surface area contributed by atoms with Crippen LogP contribution in [-0.4, -0.2) is 6.54 Å². The van der Waals surface area contributed by atoms with Crippen LogP contribution in [0.25, 0.3) is 11.1 Å². The lowest BCUT2D eigenvalue weighted by molar-refractivity contribution is 1.34. The van der Waals surface area contributed by atoms with Crippen molar-refractivity contribution in [2.75, 3.05) is 11.9 Å². The van der Waals surface area contributed by atoms with E-state index in [-0.39, 0.29) is 7.43 Å². The minimum atomic E-state index is 0. The van der Waals surface area contributed by atoms with Crippen LogP contribution in [0.4, 0.5) is 5.69 Å². The van der Waals surface area contributed by atoms with Crippen molar-refractivity contribution >= 4 is 5.69 Å². The predicted octanol–water partition coefficient (Wildman–Crippen LogP) is 4.90. The largest absolute Gasteiger partial charge is 0.382 e. The molecular weight excluding hydrogens is 218 g/mol. The van der Waals surface area contributed by atoms with Gasteiger partial charge in [-0.25, -0.2) is 0 Å². The van der Waals surface area contributed by atoms with E-state index in [1.54, 1.807) is 0 Å². The summed E-state index contributed by atoms with van der Waals surface area (Å²) < 4.78 is 0. The molecule has 1 N–H and O–H groups in total. The van der Waals surface area contributed by atoms with Crippen LogP contribution in [0.2, 0.25) is 0 Å². The maximum Gasteiger partial charge on any atom is 0.0343 e. The number of rotatable bonds is 4. The van der Waals surface area contributed by atoms with Gasteiger partial charge in [-0.3, -0.25) is 0 Å². The van der Waals surface area contributed by atoms with Gasteiger partial charge in [0, 0.05) is 12.2 Å². The molecule has 2 aromatic carbocycles. The number of nitrogens with one attached hydrogen (secondary N) is 1. The zero-order valence-corrected chi connectivity index (χ0v) is 10.1. The van der Waals surface area contributed by atoms with Crippen molar-refractivity contribution in [1.29, 1.82) is 0 Å². The summed E-state index contributed by atoms with van der Waals surface area (Å²) in [6, 6.07) is 17.0. The van der Waals surface area contributed by atoms with Gasteiger partial charge in [-0.1, -0.05) is 55.5 Å². The number of hydrogen-bond acceptors (Lipinski definition) is 1. The quantitative estimate of drug-likeness (QED) is 0.748. The van der Waals surface area contributed by atoms with Gasteiger partial charge >= 0.3 is 0 Å². The zero-order chi connectivity index (χ0) is 12.1. The minimum absolute atomic E-state index is 0. The van der Waals surface area contributed by atoms with Crippen molar-refractivity contribution in [3.63, 3.8) is 0 Å². The Hall–Kier alpha value is -2.02. The van der Waals surface area contributed by atoms with Gasteiger partial charge in [-0.05, 0) is 30.2 Å². The normalized spacial score (nSPS) is 9.39. The van der Waals surface area contributed by atoms with Crippen LogP contribution in [-0.2, 0) is 0 Å². The summed E-state index contributed by atoms with van der Waals surface area (Å²) >= 11 is 0. The Morgan fingerprint density at radius 2 is 1.78 bits per heavy atom. The Kier molecular flexibility index (Phi) is 5.19. The van der Waals surface area contributed by atoms with Crippen LogP contribution in [0, 0.1) is 6.92 Å². The second kappa shape index (κ2) is 6.65. The van der Waals surface area contributed by atoms with E-state index in [1.807, 2.05) is 6.08 Å². The average molecular weight is 239 g/mol. The molecule has 0 fully saturated rings. The van der Waals surface area contributed by atoms with Crippen molar-refractivity contribution in [2.45, 2.75) is 14.4 Å². The number of hydrogen-bond donors (Lipinski definition) is 1. The van der Waals surface area contributed by atoms with Crippen molar-refractivity contribution in [2.24, 2.45) is 0 Å². The number of benzene rings is 2. The van der Waals surface area contributed by atoms with Crippen molar-refractivity contribution in [1.82, 2.24) is 0 Å². The fraction of sp³-hybridized carbons (Fsp3) is 0.176. The molecule has 0 saturated carbocycles. The molecule has 0 heterocycles. The number of anilines is 1. The maximum atomic E-state index is 3.69. The summed E-state index contributed by atoms with van der Waals surface area (Å²) in [7, 11) is 0. The van der Waals surface area contributed by atoms with Crippen molar-refractivity contribution in [3.05, 3.63) is 66.7 Å². The molecule has 94 valence electrons. The third-order valence-corrected chi connectivity index (χ3v) is 2.69. The Bertz CT molecular complexity index is 497. The number of aryl methyl sites for hydroxylation is 1. The van der Waals surface area contributed by atoms with E-state index in [2.05, 4.69) is 67.4 Å². The zero-order valence-electron chi connectivity index (χ0n) is 10.1. The maximum absolute atomic E-state index is 3.69. The fourth-order valence-corrected chi connectivity index (χ4v) is 1.80. The van der Waals surface area contributed by atoms with Gasteiger partial charge in [0.2, 0.25) is 0 Å². The van der Waals surface area contributed by atoms with E-state index in [0.717, 1.165) is 12.2 Å². The van der Waals surface area contributed by atoms with Crippen LogP contribution in [0.5, 0.6) is 0 Å². The van der Waals surface area contributed by atoms with Gasteiger partial charge in [0.25, 0.3) is 0 Å². The molecule has 0 aromatic heterocycles. The highest BCUT2D eigenvalue weighted by Gasteiger charge is 1.97. The lowest BCUT2D eigenvalue weighted by Gasteiger charge is -2.06. The first kappa shape index (κ1) is 14.0. The molecule has 0 spiro atoms. The molecule has 0 aliphatic heterocycles. The molecule has 0 bridgehead atoms. The van der Waals surface area contributed by atoms with E-state index in [9.17, 15) is 0 Å². The highest BCUT2D eigenvalue weighted by Crippen LogP contribution is 2.22. The molecule has 0 atom stereocenters. The van der Waals surface area contributed by atoms with E-state index in [4.69, 9.17) is 0 Å². The van der Waals surface area contributed by atoms with E-state index < -0.39 is 0 Å². The molecule has 0 unspecified atom stereocenters. The summed E-state index contributed by atoms with van der Waals surface area (Å²) in [5.74, 6) is 0. The third kappa shape index (κ3) is 3.49. The lowest BCUT2D eigenvalue weighted by atomic mass is 10.0. The van der Waals surface area contributed by atoms with Crippen molar-refractivity contribution < 1.29 is 0 Å². The molecule has 0 amide bonds. The monoisotopic (exact) mass is 239 g/mol. The Morgan fingerprint density at radius 3 is 2.39 bits per heavy atom. The predicted molar refractivity (Wildman–Crippen MR) is 82.0 cm³/mol. The van der Waals surface area contributed by atoms with Gasteiger partial charge in [0.15, 0.2) is 0 Å². The first-order valence-electron chi connectivity index (χ1n) is 5.81. The van der Waals surface area contributed by atoms with Crippen LogP contribution < -0.4 is 5.32 Å². The highest BCUT2D eigenvalue weighted by atomic mass is 14.8. The lowest BCUT2D eigenvalue weighted by Crippen LogP contribution is -1.96. The highest BCUT2D eigenvalue weighted by molar-refractivity contribution is 5.66. The second-order valence-electron chi connectivity index (χ2n) is 4.12.